The van der Waals surface area contributed by atoms with E-state index < -0.39 is 0 Å². The molecule has 2 aromatic heterocycles. The third-order valence-corrected chi connectivity index (χ3v) is 5.10. The van der Waals surface area contributed by atoms with Crippen molar-refractivity contribution < 1.29 is 9.53 Å². The Hall–Kier alpha value is -2.86. The number of thiophene rings is 1. The summed E-state index contributed by atoms with van der Waals surface area (Å²) >= 11 is 1.45. The number of anilines is 1. The lowest BCUT2D eigenvalue weighted by molar-refractivity contribution is 0.103. The standard InChI is InChI=1S/C18H14N2O3S/c1-20-9-12(6-7-16(20)21)19-18(22)15-8-11-10-23-14-5-3-2-4-13(14)17(11)24-15/h2-9H,10H2,1H3,(H,19,22). The maximum absolute atomic E-state index is 12.5. The zero-order chi connectivity index (χ0) is 16.7. The number of nitrogens with zero attached hydrogens (tertiary/aromatic N) is 1. The predicted molar refractivity (Wildman–Crippen MR) is 93.7 cm³/mol. The molecule has 5 nitrogen and oxygen atoms in total. The summed E-state index contributed by atoms with van der Waals surface area (Å²) in [6, 6.07) is 12.7. The van der Waals surface area contributed by atoms with Gasteiger partial charge in [-0.3, -0.25) is 9.59 Å². The molecule has 24 heavy (non-hydrogen) atoms. The Labute approximate surface area is 142 Å². The maximum atomic E-state index is 12.5. The van der Waals surface area contributed by atoms with Crippen LogP contribution in [0.5, 0.6) is 5.75 Å². The van der Waals surface area contributed by atoms with Crippen LogP contribution in [0.15, 0.2) is 53.5 Å². The number of carbonyl (C=O) groups excluding carboxylic acids is 1. The molecule has 1 aliphatic rings. The van der Waals surface area contributed by atoms with E-state index in [9.17, 15) is 9.59 Å². The molecule has 3 heterocycles. The fraction of sp³-hybridized carbons (Fsp3) is 0.111. The van der Waals surface area contributed by atoms with Gasteiger partial charge in [-0.1, -0.05) is 12.1 Å². The number of hydrogen-bond donors (Lipinski definition) is 1. The highest BCUT2D eigenvalue weighted by atomic mass is 32.1. The second-order valence-electron chi connectivity index (χ2n) is 5.57. The molecule has 120 valence electrons. The van der Waals surface area contributed by atoms with Crippen LogP contribution < -0.4 is 15.6 Å². The van der Waals surface area contributed by atoms with Crippen molar-refractivity contribution in [1.82, 2.24) is 4.57 Å². The molecule has 0 fully saturated rings. The minimum Gasteiger partial charge on any atom is -0.488 e. The number of hydrogen-bond acceptors (Lipinski definition) is 4. The molecule has 1 N–H and O–H groups in total. The number of amides is 1. The summed E-state index contributed by atoms with van der Waals surface area (Å²) in [6.45, 7) is 0.468. The quantitative estimate of drug-likeness (QED) is 0.780. The van der Waals surface area contributed by atoms with Crippen molar-refractivity contribution >= 4 is 22.9 Å². The molecular weight excluding hydrogens is 324 g/mol. The van der Waals surface area contributed by atoms with Crippen LogP contribution in [0.2, 0.25) is 0 Å². The Kier molecular flexibility index (Phi) is 3.46. The highest BCUT2D eigenvalue weighted by Gasteiger charge is 2.22. The number of para-hydroxylation sites is 1. The van der Waals surface area contributed by atoms with E-state index >= 15 is 0 Å². The lowest BCUT2D eigenvalue weighted by Crippen LogP contribution is -2.17. The van der Waals surface area contributed by atoms with E-state index in [1.54, 1.807) is 19.3 Å². The fourth-order valence-corrected chi connectivity index (χ4v) is 3.76. The Balaban J connectivity index is 1.64. The molecule has 3 aromatic rings. The molecule has 0 spiro atoms. The summed E-state index contributed by atoms with van der Waals surface area (Å²) in [6.07, 6.45) is 1.60. The van der Waals surface area contributed by atoms with Gasteiger partial charge in [-0.2, -0.15) is 0 Å². The second-order valence-corrected chi connectivity index (χ2v) is 6.62. The van der Waals surface area contributed by atoms with Crippen molar-refractivity contribution in [3.8, 4) is 16.2 Å². The lowest BCUT2D eigenvalue weighted by Gasteiger charge is -2.16. The number of rotatable bonds is 2. The summed E-state index contributed by atoms with van der Waals surface area (Å²) < 4.78 is 7.16. The number of aryl methyl sites for hydroxylation is 1. The molecule has 0 atom stereocenters. The van der Waals surface area contributed by atoms with Gasteiger partial charge in [0.15, 0.2) is 0 Å². The average molecular weight is 338 g/mol. The zero-order valence-corrected chi connectivity index (χ0v) is 13.7. The van der Waals surface area contributed by atoms with E-state index in [0.29, 0.717) is 17.2 Å². The first kappa shape index (κ1) is 14.7. The van der Waals surface area contributed by atoms with Gasteiger partial charge in [-0.15, -0.1) is 11.3 Å². The van der Waals surface area contributed by atoms with Gasteiger partial charge in [0.2, 0.25) is 5.56 Å². The fourth-order valence-electron chi connectivity index (χ4n) is 2.67. The molecule has 0 radical (unpaired) electrons. The topological polar surface area (TPSA) is 60.3 Å². The number of pyridine rings is 1. The molecule has 0 bridgehead atoms. The van der Waals surface area contributed by atoms with Gasteiger partial charge < -0.3 is 14.6 Å². The Morgan fingerprint density at radius 3 is 2.92 bits per heavy atom. The van der Waals surface area contributed by atoms with E-state index in [2.05, 4.69) is 5.32 Å². The predicted octanol–water partition coefficient (Wildman–Crippen LogP) is 3.26. The number of aromatic nitrogens is 1. The Morgan fingerprint density at radius 1 is 1.25 bits per heavy atom. The van der Waals surface area contributed by atoms with E-state index in [4.69, 9.17) is 4.74 Å². The summed E-state index contributed by atoms with van der Waals surface area (Å²) in [4.78, 5) is 25.6. The molecule has 0 saturated carbocycles. The molecule has 0 unspecified atom stereocenters. The van der Waals surface area contributed by atoms with Crippen molar-refractivity contribution in [1.29, 1.82) is 0 Å². The maximum Gasteiger partial charge on any atom is 0.265 e. The van der Waals surface area contributed by atoms with Crippen LogP contribution in [0.3, 0.4) is 0 Å². The first-order chi connectivity index (χ1) is 11.6. The lowest BCUT2D eigenvalue weighted by atomic mass is 10.1. The van der Waals surface area contributed by atoms with Crippen LogP contribution in [0, 0.1) is 0 Å². The van der Waals surface area contributed by atoms with Crippen LogP contribution in [-0.4, -0.2) is 10.5 Å². The van der Waals surface area contributed by atoms with E-state index in [0.717, 1.165) is 21.8 Å². The van der Waals surface area contributed by atoms with Gasteiger partial charge in [-0.05, 0) is 24.3 Å². The molecule has 6 heteroatoms. The molecule has 1 aliphatic heterocycles. The first-order valence-corrected chi connectivity index (χ1v) is 8.26. The highest BCUT2D eigenvalue weighted by molar-refractivity contribution is 7.17. The minimum atomic E-state index is -0.189. The van der Waals surface area contributed by atoms with Crippen LogP contribution in [0.4, 0.5) is 5.69 Å². The van der Waals surface area contributed by atoms with Crippen molar-refractivity contribution in [3.05, 3.63) is 69.5 Å². The molecule has 4 rings (SSSR count). The minimum absolute atomic E-state index is 0.117. The van der Waals surface area contributed by atoms with Gasteiger partial charge in [0, 0.05) is 35.3 Å². The molecule has 1 aromatic carbocycles. The largest absolute Gasteiger partial charge is 0.488 e. The van der Waals surface area contributed by atoms with E-state index in [1.807, 2.05) is 30.3 Å². The van der Waals surface area contributed by atoms with Gasteiger partial charge in [0.05, 0.1) is 10.6 Å². The summed E-state index contributed by atoms with van der Waals surface area (Å²) in [5, 5.41) is 2.83. The van der Waals surface area contributed by atoms with Crippen molar-refractivity contribution in [2.24, 2.45) is 7.05 Å². The highest BCUT2D eigenvalue weighted by Crippen LogP contribution is 2.42. The number of nitrogens with one attached hydrogen (secondary N) is 1. The first-order valence-electron chi connectivity index (χ1n) is 7.45. The van der Waals surface area contributed by atoms with Crippen molar-refractivity contribution in [2.45, 2.75) is 6.61 Å². The summed E-state index contributed by atoms with van der Waals surface area (Å²) in [5.41, 5.74) is 2.51. The van der Waals surface area contributed by atoms with Crippen LogP contribution >= 0.6 is 11.3 Å². The van der Waals surface area contributed by atoms with Gasteiger partial charge >= 0.3 is 0 Å². The van der Waals surface area contributed by atoms with Gasteiger partial charge in [0.25, 0.3) is 5.91 Å². The Bertz CT molecular complexity index is 1000. The third kappa shape index (κ3) is 2.51. The summed E-state index contributed by atoms with van der Waals surface area (Å²) in [5.74, 6) is 0.655. The number of carbonyl (C=O) groups is 1. The SMILES string of the molecule is Cn1cc(NC(=O)c2cc3c(s2)-c2ccccc2OC3)ccc1=O. The zero-order valence-electron chi connectivity index (χ0n) is 12.9. The van der Waals surface area contributed by atoms with Crippen molar-refractivity contribution in [2.75, 3.05) is 5.32 Å². The normalized spacial score (nSPS) is 12.0. The van der Waals surface area contributed by atoms with Crippen molar-refractivity contribution in [3.63, 3.8) is 0 Å². The Morgan fingerprint density at radius 2 is 2.08 bits per heavy atom. The molecule has 1 amide bonds. The molecule has 0 saturated heterocycles. The molecular formula is C18H14N2O3S. The van der Waals surface area contributed by atoms with Gasteiger partial charge in [-0.25, -0.2) is 0 Å². The summed E-state index contributed by atoms with van der Waals surface area (Å²) in [7, 11) is 1.65. The smallest absolute Gasteiger partial charge is 0.265 e. The number of ether oxygens (including phenoxy) is 1. The number of fused-ring (bicyclic) bond motifs is 3. The monoisotopic (exact) mass is 338 g/mol. The number of benzene rings is 1. The van der Waals surface area contributed by atoms with Gasteiger partial charge in [0.1, 0.15) is 12.4 Å². The molecule has 0 aliphatic carbocycles. The van der Waals surface area contributed by atoms with Crippen LogP contribution in [-0.2, 0) is 13.7 Å². The van der Waals surface area contributed by atoms with Crippen LogP contribution in [0.1, 0.15) is 15.2 Å². The van der Waals surface area contributed by atoms with Crippen LogP contribution in [0.25, 0.3) is 10.4 Å². The third-order valence-electron chi connectivity index (χ3n) is 3.89. The van der Waals surface area contributed by atoms with E-state index in [1.165, 1.54) is 22.0 Å². The second kappa shape index (κ2) is 5.65. The average Bonchev–Trinajstić information content (AvgIpc) is 3.03. The van der Waals surface area contributed by atoms with E-state index in [-0.39, 0.29) is 11.5 Å².